The topological polar surface area (TPSA) is 52.7 Å². The maximum atomic E-state index is 13.1. The Kier molecular flexibility index (Phi) is 8.46. The average Bonchev–Trinajstić information content (AvgIpc) is 2.81. The molecule has 32 heavy (non-hydrogen) atoms. The second-order valence-corrected chi connectivity index (χ2v) is 8.98. The van der Waals surface area contributed by atoms with E-state index in [2.05, 4.69) is 47.6 Å². The van der Waals surface area contributed by atoms with Crippen molar-refractivity contribution in [2.24, 2.45) is 0 Å². The number of amides is 2. The molecule has 0 unspecified atom stereocenters. The minimum absolute atomic E-state index is 0.00904. The Bertz CT molecular complexity index is 895. The van der Waals surface area contributed by atoms with Crippen LogP contribution >= 0.6 is 0 Å². The lowest BCUT2D eigenvalue weighted by Gasteiger charge is -2.37. The van der Waals surface area contributed by atoms with Gasteiger partial charge in [0.25, 0.3) is 5.91 Å². The Hall–Kier alpha value is -2.66. The van der Waals surface area contributed by atoms with Crippen LogP contribution in [0.4, 0.5) is 5.69 Å². The van der Waals surface area contributed by atoms with Gasteiger partial charge in [0.2, 0.25) is 5.91 Å². The summed E-state index contributed by atoms with van der Waals surface area (Å²) < 4.78 is 0. The lowest BCUT2D eigenvalue weighted by atomic mass is 10.00. The van der Waals surface area contributed by atoms with Gasteiger partial charge in [0.15, 0.2) is 0 Å². The molecule has 1 heterocycles. The average molecular weight is 436 g/mol. The molecule has 1 aliphatic rings. The van der Waals surface area contributed by atoms with E-state index < -0.39 is 0 Å². The lowest BCUT2D eigenvalue weighted by molar-refractivity contribution is -0.115. The van der Waals surface area contributed by atoms with Gasteiger partial charge in [0.1, 0.15) is 0 Å². The molecule has 0 bridgehead atoms. The van der Waals surface area contributed by atoms with Crippen LogP contribution in [0.1, 0.15) is 59.7 Å². The van der Waals surface area contributed by atoms with E-state index in [0.717, 1.165) is 62.1 Å². The molecule has 0 saturated carbocycles. The van der Waals surface area contributed by atoms with E-state index in [1.165, 1.54) is 5.56 Å². The van der Waals surface area contributed by atoms with Gasteiger partial charge < -0.3 is 15.1 Å². The van der Waals surface area contributed by atoms with E-state index >= 15 is 0 Å². The minimum atomic E-state index is -0.00904. The van der Waals surface area contributed by atoms with Crippen LogP contribution in [0.5, 0.6) is 0 Å². The van der Waals surface area contributed by atoms with Gasteiger partial charge in [-0.2, -0.15) is 0 Å². The smallest absolute Gasteiger partial charge is 0.253 e. The first-order chi connectivity index (χ1) is 15.4. The van der Waals surface area contributed by atoms with Crippen LogP contribution in [-0.4, -0.2) is 54.3 Å². The van der Waals surface area contributed by atoms with Crippen LogP contribution in [-0.2, 0) is 11.2 Å². The quantitative estimate of drug-likeness (QED) is 0.647. The second-order valence-electron chi connectivity index (χ2n) is 8.98. The number of likely N-dealkylation sites (tertiary alicyclic amines) is 1. The molecule has 5 heteroatoms. The van der Waals surface area contributed by atoms with Gasteiger partial charge in [0, 0.05) is 36.8 Å². The first kappa shape index (κ1) is 24.0. The van der Waals surface area contributed by atoms with Crippen LogP contribution in [0.15, 0.2) is 42.5 Å². The van der Waals surface area contributed by atoms with Gasteiger partial charge in [-0.05, 0) is 81.9 Å². The van der Waals surface area contributed by atoms with Crippen molar-refractivity contribution in [2.75, 3.05) is 32.0 Å². The number of hydrogen-bond donors (Lipinski definition) is 1. The van der Waals surface area contributed by atoms with Crippen molar-refractivity contribution in [2.45, 2.75) is 58.9 Å². The molecule has 1 N–H and O–H groups in total. The monoisotopic (exact) mass is 435 g/mol. The number of anilines is 1. The first-order valence-electron chi connectivity index (χ1n) is 11.8. The summed E-state index contributed by atoms with van der Waals surface area (Å²) in [4.78, 5) is 29.4. The SMILES string of the molecule is CCC(=O)Nc1c(C)cc(C(=O)N2CCC(N(C)CCCc3ccccc3)CC2)cc1C. The molecule has 172 valence electrons. The molecule has 2 aromatic rings. The number of piperidine rings is 1. The van der Waals surface area contributed by atoms with Crippen molar-refractivity contribution >= 4 is 17.5 Å². The van der Waals surface area contributed by atoms with E-state index in [4.69, 9.17) is 0 Å². The summed E-state index contributed by atoms with van der Waals surface area (Å²) in [6, 6.07) is 15.0. The Balaban J connectivity index is 1.51. The van der Waals surface area contributed by atoms with E-state index in [9.17, 15) is 9.59 Å². The Morgan fingerprint density at radius 3 is 2.28 bits per heavy atom. The summed E-state index contributed by atoms with van der Waals surface area (Å²) in [5, 5.41) is 2.95. The molecule has 0 radical (unpaired) electrons. The zero-order chi connectivity index (χ0) is 23.1. The van der Waals surface area contributed by atoms with E-state index in [-0.39, 0.29) is 11.8 Å². The van der Waals surface area contributed by atoms with Gasteiger partial charge in [-0.25, -0.2) is 0 Å². The number of rotatable bonds is 8. The number of nitrogens with zero attached hydrogens (tertiary/aromatic N) is 2. The molecule has 5 nitrogen and oxygen atoms in total. The van der Waals surface area contributed by atoms with Crippen LogP contribution in [0.25, 0.3) is 0 Å². The zero-order valence-corrected chi connectivity index (χ0v) is 20.0. The third-order valence-corrected chi connectivity index (χ3v) is 6.56. The summed E-state index contributed by atoms with van der Waals surface area (Å²) in [5.41, 5.74) is 4.80. The highest BCUT2D eigenvalue weighted by Gasteiger charge is 2.26. The van der Waals surface area contributed by atoms with Gasteiger partial charge in [0.05, 0.1) is 0 Å². The second kappa shape index (κ2) is 11.3. The van der Waals surface area contributed by atoms with E-state index in [1.54, 1.807) is 0 Å². The Morgan fingerprint density at radius 2 is 1.69 bits per heavy atom. The van der Waals surface area contributed by atoms with Gasteiger partial charge >= 0.3 is 0 Å². The van der Waals surface area contributed by atoms with E-state index in [1.807, 2.05) is 37.8 Å². The van der Waals surface area contributed by atoms with Crippen molar-refractivity contribution < 1.29 is 9.59 Å². The third kappa shape index (κ3) is 6.19. The van der Waals surface area contributed by atoms with Gasteiger partial charge in [-0.15, -0.1) is 0 Å². The molecule has 3 rings (SSSR count). The molecule has 0 aliphatic carbocycles. The molecule has 2 amide bonds. The van der Waals surface area contributed by atoms with Crippen molar-refractivity contribution in [3.8, 4) is 0 Å². The molecule has 0 spiro atoms. The molecule has 0 aromatic heterocycles. The number of hydrogen-bond acceptors (Lipinski definition) is 3. The predicted octanol–water partition coefficient (Wildman–Crippen LogP) is 4.82. The summed E-state index contributed by atoms with van der Waals surface area (Å²) >= 11 is 0. The highest BCUT2D eigenvalue weighted by molar-refractivity contribution is 5.97. The van der Waals surface area contributed by atoms with Crippen LogP contribution < -0.4 is 5.32 Å². The third-order valence-electron chi connectivity index (χ3n) is 6.56. The van der Waals surface area contributed by atoms with Gasteiger partial charge in [-0.1, -0.05) is 37.3 Å². The number of aryl methyl sites for hydroxylation is 3. The normalized spacial score (nSPS) is 14.6. The maximum absolute atomic E-state index is 13.1. The fourth-order valence-electron chi connectivity index (χ4n) is 4.56. The summed E-state index contributed by atoms with van der Waals surface area (Å²) in [6.07, 6.45) is 4.72. The van der Waals surface area contributed by atoms with Crippen LogP contribution in [0, 0.1) is 13.8 Å². The Labute approximate surface area is 192 Å². The number of carbonyl (C=O) groups is 2. The number of nitrogens with one attached hydrogen (secondary N) is 1. The highest BCUT2D eigenvalue weighted by atomic mass is 16.2. The molecule has 1 saturated heterocycles. The van der Waals surface area contributed by atoms with E-state index in [0.29, 0.717) is 18.0 Å². The zero-order valence-electron chi connectivity index (χ0n) is 20.0. The Morgan fingerprint density at radius 1 is 1.06 bits per heavy atom. The maximum Gasteiger partial charge on any atom is 0.253 e. The van der Waals surface area contributed by atoms with Crippen molar-refractivity contribution in [1.82, 2.24) is 9.80 Å². The van der Waals surface area contributed by atoms with Crippen molar-refractivity contribution in [3.05, 3.63) is 64.7 Å². The highest BCUT2D eigenvalue weighted by Crippen LogP contribution is 2.25. The molecule has 1 fully saturated rings. The van der Waals surface area contributed by atoms with Crippen molar-refractivity contribution in [1.29, 1.82) is 0 Å². The minimum Gasteiger partial charge on any atom is -0.339 e. The number of carbonyl (C=O) groups excluding carboxylic acids is 2. The molecule has 2 aromatic carbocycles. The van der Waals surface area contributed by atoms with Crippen LogP contribution in [0.3, 0.4) is 0 Å². The summed E-state index contributed by atoms with van der Waals surface area (Å²) in [5.74, 6) is 0.0833. The lowest BCUT2D eigenvalue weighted by Crippen LogP contribution is -2.45. The number of benzene rings is 2. The predicted molar refractivity (Wildman–Crippen MR) is 131 cm³/mol. The fraction of sp³-hybridized carbons (Fsp3) is 0.481. The molecule has 0 atom stereocenters. The largest absolute Gasteiger partial charge is 0.339 e. The summed E-state index contributed by atoms with van der Waals surface area (Å²) in [7, 11) is 2.21. The van der Waals surface area contributed by atoms with Crippen molar-refractivity contribution in [3.63, 3.8) is 0 Å². The first-order valence-corrected chi connectivity index (χ1v) is 11.8. The standard InChI is InChI=1S/C27H37N3O2/c1-5-25(31)28-26-20(2)18-23(19-21(26)3)27(32)30-16-13-24(14-17-30)29(4)15-9-12-22-10-7-6-8-11-22/h6-8,10-11,18-19,24H,5,9,12-17H2,1-4H3,(H,28,31). The molecular formula is C27H37N3O2. The summed E-state index contributed by atoms with van der Waals surface area (Å²) in [6.45, 7) is 8.40. The molecule has 1 aliphatic heterocycles. The van der Waals surface area contributed by atoms with Gasteiger partial charge in [-0.3, -0.25) is 9.59 Å². The van der Waals surface area contributed by atoms with Crippen LogP contribution in [0.2, 0.25) is 0 Å². The fourth-order valence-corrected chi connectivity index (χ4v) is 4.56. The molecular weight excluding hydrogens is 398 g/mol.